The van der Waals surface area contributed by atoms with Gasteiger partial charge in [0, 0.05) is 13.0 Å². The van der Waals surface area contributed by atoms with Crippen LogP contribution in [0.5, 0.6) is 0 Å². The molecule has 4 nitrogen and oxygen atoms in total. The topological polar surface area (TPSA) is 47.6 Å². The Labute approximate surface area is 121 Å². The van der Waals surface area contributed by atoms with Crippen molar-refractivity contribution in [3.8, 4) is 0 Å². The fourth-order valence-electron chi connectivity index (χ4n) is 3.90. The SMILES string of the molecule is O=C(CCCC1CCCCC1)NC1COC2CCOC12. The van der Waals surface area contributed by atoms with Crippen molar-refractivity contribution >= 4 is 5.91 Å². The van der Waals surface area contributed by atoms with Gasteiger partial charge in [-0.15, -0.1) is 0 Å². The molecule has 1 aliphatic carbocycles. The van der Waals surface area contributed by atoms with Gasteiger partial charge in [0.2, 0.25) is 5.91 Å². The lowest BCUT2D eigenvalue weighted by Gasteiger charge is -2.21. The third-order valence-electron chi connectivity index (χ3n) is 5.05. The van der Waals surface area contributed by atoms with E-state index in [9.17, 15) is 4.79 Å². The Kier molecular flexibility index (Phi) is 4.94. The van der Waals surface area contributed by atoms with Gasteiger partial charge < -0.3 is 14.8 Å². The van der Waals surface area contributed by atoms with Gasteiger partial charge in [0.05, 0.1) is 18.8 Å². The minimum Gasteiger partial charge on any atom is -0.373 e. The average molecular weight is 281 g/mol. The number of rotatable bonds is 5. The summed E-state index contributed by atoms with van der Waals surface area (Å²) in [6, 6.07) is 0.0738. The molecule has 0 aromatic heterocycles. The Morgan fingerprint density at radius 1 is 1.10 bits per heavy atom. The fraction of sp³-hybridized carbons (Fsp3) is 0.938. The van der Waals surface area contributed by atoms with Crippen molar-refractivity contribution in [3.05, 3.63) is 0 Å². The molecule has 3 fully saturated rings. The summed E-state index contributed by atoms with van der Waals surface area (Å²) in [6.07, 6.45) is 11.1. The van der Waals surface area contributed by atoms with Crippen LogP contribution < -0.4 is 5.32 Å². The highest BCUT2D eigenvalue weighted by molar-refractivity contribution is 5.76. The van der Waals surface area contributed by atoms with Gasteiger partial charge in [-0.2, -0.15) is 0 Å². The van der Waals surface area contributed by atoms with Crippen molar-refractivity contribution < 1.29 is 14.3 Å². The van der Waals surface area contributed by atoms with E-state index >= 15 is 0 Å². The smallest absolute Gasteiger partial charge is 0.220 e. The van der Waals surface area contributed by atoms with Gasteiger partial charge in [0.15, 0.2) is 0 Å². The van der Waals surface area contributed by atoms with Crippen molar-refractivity contribution in [2.45, 2.75) is 76.0 Å². The lowest BCUT2D eigenvalue weighted by atomic mass is 9.86. The molecular weight excluding hydrogens is 254 g/mol. The van der Waals surface area contributed by atoms with E-state index in [2.05, 4.69) is 5.32 Å². The lowest BCUT2D eigenvalue weighted by molar-refractivity contribution is -0.122. The number of hydrogen-bond donors (Lipinski definition) is 1. The van der Waals surface area contributed by atoms with Crippen molar-refractivity contribution in [1.82, 2.24) is 5.32 Å². The largest absolute Gasteiger partial charge is 0.373 e. The summed E-state index contributed by atoms with van der Waals surface area (Å²) in [7, 11) is 0. The van der Waals surface area contributed by atoms with Gasteiger partial charge in [-0.3, -0.25) is 4.79 Å². The van der Waals surface area contributed by atoms with Gasteiger partial charge in [-0.25, -0.2) is 0 Å². The molecule has 0 aromatic carbocycles. The summed E-state index contributed by atoms with van der Waals surface area (Å²) < 4.78 is 11.3. The number of carbonyl (C=O) groups is 1. The molecular formula is C16H27NO3. The summed E-state index contributed by atoms with van der Waals surface area (Å²) in [6.45, 7) is 1.38. The van der Waals surface area contributed by atoms with Crippen LogP contribution in [0.3, 0.4) is 0 Å². The predicted octanol–water partition coefficient (Wildman–Crippen LogP) is 2.41. The Morgan fingerprint density at radius 2 is 1.95 bits per heavy atom. The summed E-state index contributed by atoms with van der Waals surface area (Å²) in [5.41, 5.74) is 0. The minimum atomic E-state index is 0.0738. The van der Waals surface area contributed by atoms with E-state index in [0.717, 1.165) is 25.4 Å². The van der Waals surface area contributed by atoms with Gasteiger partial charge >= 0.3 is 0 Å². The molecule has 3 atom stereocenters. The molecule has 114 valence electrons. The third-order valence-corrected chi connectivity index (χ3v) is 5.05. The Balaban J connectivity index is 1.33. The summed E-state index contributed by atoms with van der Waals surface area (Å²) in [5, 5.41) is 3.10. The molecule has 0 bridgehead atoms. The molecule has 1 amide bonds. The molecule has 1 saturated carbocycles. The quantitative estimate of drug-likeness (QED) is 0.842. The Morgan fingerprint density at radius 3 is 2.80 bits per heavy atom. The average Bonchev–Trinajstić information content (AvgIpc) is 3.05. The maximum atomic E-state index is 12.0. The molecule has 1 N–H and O–H groups in total. The molecule has 0 aromatic rings. The zero-order valence-corrected chi connectivity index (χ0v) is 12.3. The number of ether oxygens (including phenoxy) is 2. The highest BCUT2D eigenvalue weighted by Gasteiger charge is 2.42. The van der Waals surface area contributed by atoms with Crippen LogP contribution in [0, 0.1) is 5.92 Å². The molecule has 0 radical (unpaired) electrons. The molecule has 2 heterocycles. The Bertz CT molecular complexity index is 328. The van der Waals surface area contributed by atoms with E-state index in [4.69, 9.17) is 9.47 Å². The highest BCUT2D eigenvalue weighted by Crippen LogP contribution is 2.28. The fourth-order valence-corrected chi connectivity index (χ4v) is 3.90. The van der Waals surface area contributed by atoms with Gasteiger partial charge in [-0.1, -0.05) is 32.1 Å². The molecule has 3 unspecified atom stereocenters. The van der Waals surface area contributed by atoms with Gasteiger partial charge in [0.1, 0.15) is 6.10 Å². The van der Waals surface area contributed by atoms with Crippen molar-refractivity contribution in [2.75, 3.05) is 13.2 Å². The van der Waals surface area contributed by atoms with Crippen LogP contribution in [0.4, 0.5) is 0 Å². The number of carbonyl (C=O) groups excluding carboxylic acids is 1. The maximum absolute atomic E-state index is 12.0. The highest BCUT2D eigenvalue weighted by atomic mass is 16.6. The van der Waals surface area contributed by atoms with E-state index in [1.807, 2.05) is 0 Å². The third kappa shape index (κ3) is 3.53. The molecule has 2 saturated heterocycles. The number of fused-ring (bicyclic) bond motifs is 1. The van der Waals surface area contributed by atoms with Crippen LogP contribution in [0.1, 0.15) is 57.8 Å². The second-order valence-electron chi connectivity index (χ2n) is 6.57. The first-order valence-electron chi connectivity index (χ1n) is 8.35. The zero-order chi connectivity index (χ0) is 13.8. The number of hydrogen-bond acceptors (Lipinski definition) is 3. The van der Waals surface area contributed by atoms with Crippen LogP contribution >= 0.6 is 0 Å². The normalized spacial score (nSPS) is 34.1. The van der Waals surface area contributed by atoms with Crippen LogP contribution in [-0.2, 0) is 14.3 Å². The predicted molar refractivity (Wildman–Crippen MR) is 76.5 cm³/mol. The maximum Gasteiger partial charge on any atom is 0.220 e. The van der Waals surface area contributed by atoms with Gasteiger partial charge in [-0.05, 0) is 25.2 Å². The molecule has 3 rings (SSSR count). The molecule has 2 aliphatic heterocycles. The molecule has 3 aliphatic rings. The molecule has 20 heavy (non-hydrogen) atoms. The van der Waals surface area contributed by atoms with Gasteiger partial charge in [0.25, 0.3) is 0 Å². The molecule has 0 spiro atoms. The van der Waals surface area contributed by atoms with Crippen molar-refractivity contribution in [3.63, 3.8) is 0 Å². The van der Waals surface area contributed by atoms with E-state index in [0.29, 0.717) is 13.0 Å². The monoisotopic (exact) mass is 281 g/mol. The van der Waals surface area contributed by atoms with E-state index < -0.39 is 0 Å². The summed E-state index contributed by atoms with van der Waals surface area (Å²) in [4.78, 5) is 12.0. The number of amides is 1. The van der Waals surface area contributed by atoms with E-state index in [1.54, 1.807) is 0 Å². The van der Waals surface area contributed by atoms with Crippen molar-refractivity contribution in [2.24, 2.45) is 5.92 Å². The first kappa shape index (κ1) is 14.3. The second-order valence-corrected chi connectivity index (χ2v) is 6.57. The lowest BCUT2D eigenvalue weighted by Crippen LogP contribution is -2.43. The minimum absolute atomic E-state index is 0.0738. The zero-order valence-electron chi connectivity index (χ0n) is 12.3. The first-order valence-corrected chi connectivity index (χ1v) is 8.35. The number of nitrogens with one attached hydrogen (secondary N) is 1. The summed E-state index contributed by atoms with van der Waals surface area (Å²) >= 11 is 0. The van der Waals surface area contributed by atoms with Crippen LogP contribution in [-0.4, -0.2) is 37.4 Å². The molecule has 4 heteroatoms. The summed E-state index contributed by atoms with van der Waals surface area (Å²) in [5.74, 6) is 1.04. The van der Waals surface area contributed by atoms with Crippen LogP contribution in [0.2, 0.25) is 0 Å². The van der Waals surface area contributed by atoms with Crippen molar-refractivity contribution in [1.29, 1.82) is 0 Å². The van der Waals surface area contributed by atoms with Crippen LogP contribution in [0.15, 0.2) is 0 Å². The standard InChI is InChI=1S/C16H27NO3/c18-15(8-4-7-12-5-2-1-3-6-12)17-13-11-20-14-9-10-19-16(13)14/h12-14,16H,1-11H2,(H,17,18). The van der Waals surface area contributed by atoms with E-state index in [-0.39, 0.29) is 24.2 Å². The first-order chi connectivity index (χ1) is 9.83. The van der Waals surface area contributed by atoms with Crippen LogP contribution in [0.25, 0.3) is 0 Å². The van der Waals surface area contributed by atoms with E-state index in [1.165, 1.54) is 38.5 Å². The Hall–Kier alpha value is -0.610. The second kappa shape index (κ2) is 6.90.